The molecule has 2 fully saturated rings. The number of para-hydroxylation sites is 1. The number of nitrogens with zero attached hydrogens (tertiary/aromatic N) is 3. The number of amides is 1. The van der Waals surface area contributed by atoms with E-state index in [0.29, 0.717) is 11.6 Å². The molecule has 2 N–H and O–H groups in total. The van der Waals surface area contributed by atoms with E-state index < -0.39 is 12.2 Å². The first-order valence-electron chi connectivity index (χ1n) is 11.6. The molecule has 0 spiro atoms. The highest BCUT2D eigenvalue weighted by Gasteiger charge is 2.47. The molecule has 0 radical (unpaired) electrons. The van der Waals surface area contributed by atoms with Gasteiger partial charge >= 0.3 is 0 Å². The van der Waals surface area contributed by atoms with Crippen LogP contribution in [0, 0.1) is 5.82 Å². The van der Waals surface area contributed by atoms with E-state index in [1.54, 1.807) is 18.0 Å². The molecule has 174 valence electrons. The zero-order chi connectivity index (χ0) is 23.6. The van der Waals surface area contributed by atoms with Gasteiger partial charge in [0.1, 0.15) is 17.2 Å². The number of halogens is 1. The highest BCUT2D eigenvalue weighted by Crippen LogP contribution is 2.44. The number of benzene rings is 2. The quantitative estimate of drug-likeness (QED) is 0.598. The first kappa shape index (κ1) is 20.9. The Morgan fingerprint density at radius 2 is 1.71 bits per heavy atom. The summed E-state index contributed by atoms with van der Waals surface area (Å²) in [6, 6.07) is 15.4. The number of hydrogen-bond donors (Lipinski definition) is 2. The summed E-state index contributed by atoms with van der Waals surface area (Å²) in [4.78, 5) is 29.7. The zero-order valence-electron chi connectivity index (χ0n) is 18.7. The third-order valence-corrected chi connectivity index (χ3v) is 6.85. The van der Waals surface area contributed by atoms with Crippen LogP contribution in [0.1, 0.15) is 47.5 Å². The van der Waals surface area contributed by atoms with Crippen molar-refractivity contribution in [1.82, 2.24) is 9.47 Å². The van der Waals surface area contributed by atoms with Crippen molar-refractivity contribution in [1.29, 1.82) is 0 Å². The molecule has 0 bridgehead atoms. The van der Waals surface area contributed by atoms with Crippen LogP contribution in [0.15, 0.2) is 59.4 Å². The smallest absolute Gasteiger partial charge is 0.263 e. The van der Waals surface area contributed by atoms with Gasteiger partial charge in [0.2, 0.25) is 6.35 Å². The number of pyridine rings is 1. The van der Waals surface area contributed by atoms with E-state index in [1.807, 2.05) is 36.4 Å². The van der Waals surface area contributed by atoms with Crippen molar-refractivity contribution in [3.8, 4) is 0 Å². The molecule has 2 aromatic carbocycles. The van der Waals surface area contributed by atoms with E-state index in [1.165, 1.54) is 21.6 Å². The second-order valence-corrected chi connectivity index (χ2v) is 9.29. The van der Waals surface area contributed by atoms with Gasteiger partial charge in [-0.05, 0) is 61.4 Å². The summed E-state index contributed by atoms with van der Waals surface area (Å²) >= 11 is 0. The van der Waals surface area contributed by atoms with Crippen molar-refractivity contribution < 1.29 is 14.3 Å². The summed E-state index contributed by atoms with van der Waals surface area (Å²) in [7, 11) is 1.57. The van der Waals surface area contributed by atoms with Crippen LogP contribution in [-0.4, -0.2) is 32.9 Å². The van der Waals surface area contributed by atoms with Gasteiger partial charge < -0.3 is 10.4 Å². The van der Waals surface area contributed by atoms with Crippen LogP contribution in [0.5, 0.6) is 0 Å². The van der Waals surface area contributed by atoms with Crippen LogP contribution in [0.25, 0.3) is 0 Å². The highest BCUT2D eigenvalue weighted by atomic mass is 19.1. The number of anilines is 4. The maximum Gasteiger partial charge on any atom is 0.263 e. The summed E-state index contributed by atoms with van der Waals surface area (Å²) in [6.45, 7) is 0. The molecule has 1 unspecified atom stereocenters. The Hall–Kier alpha value is -3.65. The standard InChI is InChI=1S/C26H25FN4O3/c1-29-22(32)14-21(28-20-12-9-16(13-19(20)27)15-7-8-15)23-24(29)30(17-5-3-2-4-6-17)26(34)31(25(23)33)18-10-11-18/h2-6,9,12-15,18,26,28,34H,7-8,10-11H2,1H3. The van der Waals surface area contributed by atoms with E-state index in [-0.39, 0.29) is 40.3 Å². The maximum absolute atomic E-state index is 15.0. The van der Waals surface area contributed by atoms with Gasteiger partial charge in [-0.15, -0.1) is 0 Å². The molecule has 1 aliphatic heterocycles. The summed E-state index contributed by atoms with van der Waals surface area (Å²) in [6.07, 6.45) is 2.47. The molecule has 2 heterocycles. The Labute approximate surface area is 196 Å². The van der Waals surface area contributed by atoms with Crippen LogP contribution < -0.4 is 15.8 Å². The van der Waals surface area contributed by atoms with Crippen molar-refractivity contribution in [2.24, 2.45) is 7.05 Å². The van der Waals surface area contributed by atoms with Gasteiger partial charge in [-0.25, -0.2) is 4.39 Å². The van der Waals surface area contributed by atoms with Gasteiger partial charge in [0.25, 0.3) is 11.5 Å². The first-order chi connectivity index (χ1) is 16.4. The molecular formula is C26H25FN4O3. The number of carbonyl (C=O) groups excluding carboxylic acids is 1. The molecule has 3 aromatic rings. The van der Waals surface area contributed by atoms with E-state index in [4.69, 9.17) is 0 Å². The number of aliphatic hydroxyl groups excluding tert-OH is 1. The third-order valence-electron chi connectivity index (χ3n) is 6.85. The second kappa shape index (κ2) is 7.70. The van der Waals surface area contributed by atoms with Crippen molar-refractivity contribution in [3.63, 3.8) is 0 Å². The molecule has 34 heavy (non-hydrogen) atoms. The Morgan fingerprint density at radius 1 is 0.971 bits per heavy atom. The fraction of sp³-hybridized carbons (Fsp3) is 0.308. The van der Waals surface area contributed by atoms with E-state index in [2.05, 4.69) is 5.32 Å². The van der Waals surface area contributed by atoms with Gasteiger partial charge in [-0.2, -0.15) is 0 Å². The number of nitrogens with one attached hydrogen (secondary N) is 1. The number of hydrogen-bond acceptors (Lipinski definition) is 5. The van der Waals surface area contributed by atoms with Gasteiger partial charge in [-0.3, -0.25) is 24.0 Å². The molecule has 2 aliphatic carbocycles. The van der Waals surface area contributed by atoms with Crippen LogP contribution in [0.2, 0.25) is 0 Å². The summed E-state index contributed by atoms with van der Waals surface area (Å²) < 4.78 is 16.3. The SMILES string of the molecule is Cn1c2c(c(Nc3ccc(C4CC4)cc3F)cc1=O)C(=O)N(C1CC1)C(O)N2c1ccccc1. The van der Waals surface area contributed by atoms with Crippen LogP contribution in [0.4, 0.5) is 27.3 Å². The topological polar surface area (TPSA) is 77.8 Å². The van der Waals surface area contributed by atoms with Gasteiger partial charge in [-0.1, -0.05) is 24.3 Å². The van der Waals surface area contributed by atoms with Crippen LogP contribution in [-0.2, 0) is 7.05 Å². The number of aromatic nitrogens is 1. The van der Waals surface area contributed by atoms with E-state index >= 15 is 0 Å². The lowest BCUT2D eigenvalue weighted by atomic mass is 10.1. The lowest BCUT2D eigenvalue weighted by molar-refractivity contribution is 0.00266. The third kappa shape index (κ3) is 3.37. The number of aliphatic hydroxyl groups is 1. The Bertz CT molecular complexity index is 1350. The van der Waals surface area contributed by atoms with E-state index in [0.717, 1.165) is 31.2 Å². The minimum Gasteiger partial charge on any atom is -0.356 e. The van der Waals surface area contributed by atoms with E-state index in [9.17, 15) is 19.1 Å². The minimum atomic E-state index is -1.26. The van der Waals surface area contributed by atoms with Crippen molar-refractivity contribution in [3.05, 3.63) is 81.9 Å². The summed E-state index contributed by atoms with van der Waals surface area (Å²) in [5, 5.41) is 14.3. The monoisotopic (exact) mass is 460 g/mol. The van der Waals surface area contributed by atoms with Crippen molar-refractivity contribution in [2.45, 2.75) is 44.0 Å². The maximum atomic E-state index is 15.0. The average molecular weight is 461 g/mol. The van der Waals surface area contributed by atoms with Crippen molar-refractivity contribution in [2.75, 3.05) is 10.2 Å². The van der Waals surface area contributed by atoms with Gasteiger partial charge in [0, 0.05) is 24.8 Å². The van der Waals surface area contributed by atoms with Crippen LogP contribution >= 0.6 is 0 Å². The Morgan fingerprint density at radius 3 is 2.35 bits per heavy atom. The van der Waals surface area contributed by atoms with Gasteiger partial charge in [0.05, 0.1) is 11.4 Å². The molecule has 6 rings (SSSR count). The summed E-state index contributed by atoms with van der Waals surface area (Å²) in [5.74, 6) is -0.132. The lowest BCUT2D eigenvalue weighted by Gasteiger charge is -2.43. The number of fused-ring (bicyclic) bond motifs is 1. The minimum absolute atomic E-state index is 0.0819. The number of carbonyl (C=O) groups is 1. The second-order valence-electron chi connectivity index (χ2n) is 9.29. The Balaban J connectivity index is 1.52. The number of rotatable bonds is 5. The molecule has 3 aliphatic rings. The predicted octanol–water partition coefficient (Wildman–Crippen LogP) is 4.18. The zero-order valence-corrected chi connectivity index (χ0v) is 18.7. The average Bonchev–Trinajstić information content (AvgIpc) is 3.73. The normalized spacial score (nSPS) is 19.9. The fourth-order valence-electron chi connectivity index (χ4n) is 4.74. The molecule has 7 nitrogen and oxygen atoms in total. The Kier molecular flexibility index (Phi) is 4.74. The molecule has 2 saturated carbocycles. The lowest BCUT2D eigenvalue weighted by Crippen LogP contribution is -2.56. The molecule has 1 amide bonds. The van der Waals surface area contributed by atoms with Crippen molar-refractivity contribution >= 4 is 28.8 Å². The molecule has 1 atom stereocenters. The van der Waals surface area contributed by atoms with Gasteiger partial charge in [0.15, 0.2) is 0 Å². The highest BCUT2D eigenvalue weighted by molar-refractivity contribution is 6.07. The molecule has 0 saturated heterocycles. The molecule has 1 aromatic heterocycles. The fourth-order valence-corrected chi connectivity index (χ4v) is 4.74. The first-order valence-corrected chi connectivity index (χ1v) is 11.6. The van der Waals surface area contributed by atoms with Crippen LogP contribution in [0.3, 0.4) is 0 Å². The molecule has 8 heteroatoms. The summed E-state index contributed by atoms with van der Waals surface area (Å²) in [5.41, 5.74) is 1.87. The largest absolute Gasteiger partial charge is 0.356 e. The molecular weight excluding hydrogens is 435 g/mol. The predicted molar refractivity (Wildman–Crippen MR) is 127 cm³/mol.